The van der Waals surface area contributed by atoms with Crippen LogP contribution in [-0.4, -0.2) is 20.9 Å². The highest BCUT2D eigenvalue weighted by Crippen LogP contribution is 2.35. The summed E-state index contributed by atoms with van der Waals surface area (Å²) in [6.07, 6.45) is 0. The van der Waals surface area contributed by atoms with Crippen LogP contribution in [0.1, 0.15) is 5.76 Å². The van der Waals surface area contributed by atoms with E-state index in [1.54, 1.807) is 12.1 Å². The lowest BCUT2D eigenvalue weighted by Gasteiger charge is -2.19. The maximum Gasteiger partial charge on any atom is 0.262 e. The fourth-order valence-electron chi connectivity index (χ4n) is 2.66. The Hall–Kier alpha value is -2.55. The largest absolute Gasteiger partial charge is 0.482 e. The van der Waals surface area contributed by atoms with Gasteiger partial charge in [-0.2, -0.15) is 0 Å². The highest BCUT2D eigenvalue weighted by molar-refractivity contribution is 7.89. The maximum absolute atomic E-state index is 12.6. The molecule has 1 aromatic heterocycles. The van der Waals surface area contributed by atoms with Gasteiger partial charge in [0.15, 0.2) is 6.61 Å². The van der Waals surface area contributed by atoms with Gasteiger partial charge in [-0.1, -0.05) is 29.8 Å². The Morgan fingerprint density at radius 1 is 1.19 bits per heavy atom. The van der Waals surface area contributed by atoms with Gasteiger partial charge in [0.1, 0.15) is 22.0 Å². The Balaban J connectivity index is 1.59. The molecule has 0 saturated carbocycles. The van der Waals surface area contributed by atoms with E-state index >= 15 is 0 Å². The fourth-order valence-corrected chi connectivity index (χ4v) is 4.19. The van der Waals surface area contributed by atoms with Crippen molar-refractivity contribution in [3.63, 3.8) is 0 Å². The van der Waals surface area contributed by atoms with E-state index in [9.17, 15) is 13.2 Å². The summed E-state index contributed by atoms with van der Waals surface area (Å²) in [4.78, 5) is 11.2. The van der Waals surface area contributed by atoms with Crippen LogP contribution in [0.3, 0.4) is 0 Å². The van der Waals surface area contributed by atoms with Crippen LogP contribution in [0.25, 0.3) is 11.0 Å². The number of carbonyl (C=O) groups is 1. The van der Waals surface area contributed by atoms with Gasteiger partial charge < -0.3 is 14.5 Å². The van der Waals surface area contributed by atoms with Gasteiger partial charge in [-0.15, -0.1) is 0 Å². The van der Waals surface area contributed by atoms with Gasteiger partial charge in [-0.3, -0.25) is 4.79 Å². The molecule has 1 amide bonds. The van der Waals surface area contributed by atoms with Crippen molar-refractivity contribution in [2.24, 2.45) is 0 Å². The Bertz CT molecular complexity index is 1090. The van der Waals surface area contributed by atoms with Crippen molar-refractivity contribution < 1.29 is 22.4 Å². The third kappa shape index (κ3) is 3.14. The molecule has 0 atom stereocenters. The van der Waals surface area contributed by atoms with Crippen molar-refractivity contribution in [2.45, 2.75) is 11.4 Å². The monoisotopic (exact) mass is 392 g/mol. The van der Waals surface area contributed by atoms with Gasteiger partial charge in [-0.05, 0) is 18.2 Å². The molecule has 2 aromatic carbocycles. The average Bonchev–Trinajstić information content (AvgIpc) is 3.02. The number of furan rings is 1. The molecule has 1 aliphatic rings. The van der Waals surface area contributed by atoms with Crippen LogP contribution in [0, 0.1) is 0 Å². The summed E-state index contributed by atoms with van der Waals surface area (Å²) in [5.74, 6) is 0.401. The van der Waals surface area contributed by atoms with Gasteiger partial charge in [0.2, 0.25) is 10.0 Å². The Kier molecular flexibility index (Phi) is 4.10. The number of ether oxygens (including phenoxy) is 1. The van der Waals surface area contributed by atoms with E-state index in [1.165, 1.54) is 12.1 Å². The molecular weight excluding hydrogens is 380 g/mol. The van der Waals surface area contributed by atoms with E-state index in [4.69, 9.17) is 20.8 Å². The molecule has 3 aromatic rings. The second-order valence-corrected chi connectivity index (χ2v) is 7.83. The van der Waals surface area contributed by atoms with Crippen molar-refractivity contribution in [1.29, 1.82) is 0 Å². The first-order valence-electron chi connectivity index (χ1n) is 7.66. The molecule has 0 spiro atoms. The van der Waals surface area contributed by atoms with E-state index in [-0.39, 0.29) is 34.7 Å². The second kappa shape index (κ2) is 6.31. The summed E-state index contributed by atoms with van der Waals surface area (Å²) < 4.78 is 38.5. The molecule has 2 N–H and O–H groups in total. The number of halogens is 1. The van der Waals surface area contributed by atoms with Crippen LogP contribution in [0.5, 0.6) is 5.75 Å². The van der Waals surface area contributed by atoms with E-state index in [0.29, 0.717) is 17.0 Å². The van der Waals surface area contributed by atoms with Gasteiger partial charge in [0.25, 0.3) is 5.91 Å². The van der Waals surface area contributed by atoms with Crippen molar-refractivity contribution in [3.05, 3.63) is 53.2 Å². The molecule has 2 heterocycles. The molecule has 7 nitrogen and oxygen atoms in total. The predicted octanol–water partition coefficient (Wildman–Crippen LogP) is 2.90. The number of sulfonamides is 1. The zero-order chi connectivity index (χ0) is 18.3. The fraction of sp³-hybridized carbons (Fsp3) is 0.118. The zero-order valence-corrected chi connectivity index (χ0v) is 14.9. The lowest BCUT2D eigenvalue weighted by atomic mass is 10.2. The standard InChI is InChI=1S/C17H13ClN2O5S/c18-12-6-13-15(24-9-17(21)20-13)7-16(12)26(22,23)19-8-11-5-10-3-1-2-4-14(10)25-11/h1-7,19H,8-9H2,(H,20,21). The first-order valence-corrected chi connectivity index (χ1v) is 9.52. The molecule has 0 saturated heterocycles. The zero-order valence-electron chi connectivity index (χ0n) is 13.3. The Morgan fingerprint density at radius 3 is 2.81 bits per heavy atom. The molecule has 26 heavy (non-hydrogen) atoms. The second-order valence-electron chi connectivity index (χ2n) is 5.69. The highest BCUT2D eigenvalue weighted by atomic mass is 35.5. The summed E-state index contributed by atoms with van der Waals surface area (Å²) in [5, 5.41) is 3.44. The molecule has 134 valence electrons. The molecule has 1 aliphatic heterocycles. The quantitative estimate of drug-likeness (QED) is 0.711. The number of para-hydroxylation sites is 1. The Morgan fingerprint density at radius 2 is 2.00 bits per heavy atom. The van der Waals surface area contributed by atoms with Gasteiger partial charge in [0.05, 0.1) is 17.3 Å². The number of nitrogens with one attached hydrogen (secondary N) is 2. The van der Waals surface area contributed by atoms with Crippen LogP contribution in [0.15, 0.2) is 51.8 Å². The van der Waals surface area contributed by atoms with Crippen LogP contribution >= 0.6 is 11.6 Å². The highest BCUT2D eigenvalue weighted by Gasteiger charge is 2.24. The minimum atomic E-state index is -3.91. The number of rotatable bonds is 4. The minimum absolute atomic E-state index is 0.0216. The summed E-state index contributed by atoms with van der Waals surface area (Å²) in [5.41, 5.74) is 1.01. The summed E-state index contributed by atoms with van der Waals surface area (Å²) >= 11 is 6.09. The molecule has 0 fully saturated rings. The van der Waals surface area contributed by atoms with E-state index < -0.39 is 10.0 Å². The number of hydrogen-bond donors (Lipinski definition) is 2. The number of hydrogen-bond acceptors (Lipinski definition) is 5. The smallest absolute Gasteiger partial charge is 0.262 e. The van der Waals surface area contributed by atoms with Crippen molar-refractivity contribution in [3.8, 4) is 5.75 Å². The van der Waals surface area contributed by atoms with Crippen molar-refractivity contribution >= 4 is 44.2 Å². The van der Waals surface area contributed by atoms with Crippen LogP contribution < -0.4 is 14.8 Å². The number of benzene rings is 2. The van der Waals surface area contributed by atoms with Gasteiger partial charge >= 0.3 is 0 Å². The van der Waals surface area contributed by atoms with Crippen molar-refractivity contribution in [2.75, 3.05) is 11.9 Å². The molecule has 9 heteroatoms. The van der Waals surface area contributed by atoms with E-state index in [0.717, 1.165) is 5.39 Å². The Labute approximate surface area is 153 Å². The van der Waals surface area contributed by atoms with Crippen molar-refractivity contribution in [1.82, 2.24) is 4.72 Å². The molecule has 0 bridgehead atoms. The average molecular weight is 393 g/mol. The van der Waals surface area contributed by atoms with E-state index in [1.807, 2.05) is 18.2 Å². The van der Waals surface area contributed by atoms with Crippen LogP contribution in [-0.2, 0) is 21.4 Å². The molecule has 0 aliphatic carbocycles. The molecular formula is C17H13ClN2O5S. The normalized spacial score (nSPS) is 14.0. The van der Waals surface area contributed by atoms with Crippen LogP contribution in [0.2, 0.25) is 5.02 Å². The lowest BCUT2D eigenvalue weighted by molar-refractivity contribution is -0.118. The number of fused-ring (bicyclic) bond motifs is 2. The van der Waals surface area contributed by atoms with Crippen LogP contribution in [0.4, 0.5) is 5.69 Å². The summed E-state index contributed by atoms with van der Waals surface area (Å²) in [6.45, 7) is -0.206. The van der Waals surface area contributed by atoms with Gasteiger partial charge in [0, 0.05) is 11.5 Å². The number of amides is 1. The first-order chi connectivity index (χ1) is 12.4. The predicted molar refractivity (Wildman–Crippen MR) is 95.8 cm³/mol. The summed E-state index contributed by atoms with van der Waals surface area (Å²) in [6, 6.07) is 11.8. The molecule has 0 radical (unpaired) electrons. The number of anilines is 1. The first kappa shape index (κ1) is 16.9. The maximum atomic E-state index is 12.6. The van der Waals surface area contributed by atoms with E-state index in [2.05, 4.69) is 10.0 Å². The summed E-state index contributed by atoms with van der Waals surface area (Å²) in [7, 11) is -3.91. The molecule has 4 rings (SSSR count). The lowest BCUT2D eigenvalue weighted by Crippen LogP contribution is -2.27. The van der Waals surface area contributed by atoms with Gasteiger partial charge in [-0.25, -0.2) is 13.1 Å². The topological polar surface area (TPSA) is 97.6 Å². The number of carbonyl (C=O) groups excluding carboxylic acids is 1. The molecule has 0 unspecified atom stereocenters. The SMILES string of the molecule is O=C1COc2cc(S(=O)(=O)NCc3cc4ccccc4o3)c(Cl)cc2N1. The third-order valence-corrected chi connectivity index (χ3v) is 5.74. The third-order valence-electron chi connectivity index (χ3n) is 3.87. The minimum Gasteiger partial charge on any atom is -0.482 e.